The topological polar surface area (TPSA) is 73.1 Å². The molecular weight excluding hydrogens is 517 g/mol. The van der Waals surface area contributed by atoms with Crippen LogP contribution in [0.3, 0.4) is 0 Å². The molecule has 39 heavy (non-hydrogen) atoms. The second kappa shape index (κ2) is 10.7. The van der Waals surface area contributed by atoms with Crippen molar-refractivity contribution in [3.63, 3.8) is 0 Å². The number of anilines is 1. The lowest BCUT2D eigenvalue weighted by Crippen LogP contribution is -2.32. The van der Waals surface area contributed by atoms with E-state index in [1.807, 2.05) is 30.3 Å². The van der Waals surface area contributed by atoms with Gasteiger partial charge in [0.1, 0.15) is 11.3 Å². The Labute approximate surface area is 222 Å². The van der Waals surface area contributed by atoms with Crippen LogP contribution in [0.15, 0.2) is 52.4 Å². The predicted molar refractivity (Wildman–Crippen MR) is 141 cm³/mol. The van der Waals surface area contributed by atoms with Crippen LogP contribution >= 0.6 is 0 Å². The maximum absolute atomic E-state index is 15.7. The first-order valence-electron chi connectivity index (χ1n) is 12.6. The van der Waals surface area contributed by atoms with E-state index in [0.29, 0.717) is 25.8 Å². The van der Waals surface area contributed by atoms with Gasteiger partial charge in [-0.25, -0.2) is 17.8 Å². The zero-order chi connectivity index (χ0) is 27.7. The third-order valence-corrected chi connectivity index (χ3v) is 7.26. The van der Waals surface area contributed by atoms with E-state index in [-0.39, 0.29) is 41.5 Å². The monoisotopic (exact) mass is 543 g/mol. The summed E-state index contributed by atoms with van der Waals surface area (Å²) in [5, 5.41) is -0.188. The number of pyridine rings is 1. The molecule has 0 unspecified atom stereocenters. The van der Waals surface area contributed by atoms with Gasteiger partial charge in [-0.15, -0.1) is 0 Å². The molecule has 1 saturated carbocycles. The number of fused-ring (bicyclic) bond motifs is 1. The number of hydrogen-bond acceptors (Lipinski definition) is 6. The Morgan fingerprint density at radius 3 is 2.64 bits per heavy atom. The van der Waals surface area contributed by atoms with Crippen molar-refractivity contribution in [1.82, 2.24) is 4.57 Å². The largest absolute Gasteiger partial charge is 0.798 e. The highest BCUT2D eigenvalue weighted by Crippen LogP contribution is 2.46. The van der Waals surface area contributed by atoms with Crippen LogP contribution in [-0.4, -0.2) is 57.6 Å². The van der Waals surface area contributed by atoms with Crippen LogP contribution < -0.4 is 15.1 Å². The van der Waals surface area contributed by atoms with Crippen LogP contribution in [0, 0.1) is 11.2 Å². The molecular formula is C27H26BF4N3O4. The predicted octanol–water partition coefficient (Wildman–Crippen LogP) is 4.85. The van der Waals surface area contributed by atoms with Gasteiger partial charge in [0.15, 0.2) is 11.6 Å². The maximum atomic E-state index is 15.7. The Hall–Kier alpha value is -3.83. The minimum Gasteiger partial charge on any atom is -0.492 e. The van der Waals surface area contributed by atoms with Gasteiger partial charge < -0.3 is 18.9 Å². The molecule has 1 aliphatic heterocycles. The second-order valence-electron chi connectivity index (χ2n) is 10.00. The van der Waals surface area contributed by atoms with Gasteiger partial charge in [0.05, 0.1) is 24.7 Å². The average Bonchev–Trinajstić information content (AvgIpc) is 3.68. The first kappa shape index (κ1) is 26.8. The lowest BCUT2D eigenvalue weighted by molar-refractivity contribution is 0.0693. The smallest absolute Gasteiger partial charge is 0.492 e. The summed E-state index contributed by atoms with van der Waals surface area (Å²) < 4.78 is 66.6. The molecule has 2 heterocycles. The quantitative estimate of drug-likeness (QED) is 0.219. The number of aliphatic imine (C=N–C) groups is 1. The van der Waals surface area contributed by atoms with Crippen molar-refractivity contribution in [1.29, 1.82) is 0 Å². The number of carbonyl (C=O) groups is 1. The first-order valence-corrected chi connectivity index (χ1v) is 12.6. The number of nitrogens with zero attached hydrogens (tertiary/aromatic N) is 3. The van der Waals surface area contributed by atoms with Gasteiger partial charge in [0.2, 0.25) is 5.43 Å². The molecule has 1 aromatic heterocycles. The van der Waals surface area contributed by atoms with Crippen molar-refractivity contribution in [3.8, 4) is 5.75 Å². The fourth-order valence-electron chi connectivity index (χ4n) is 5.15. The van der Waals surface area contributed by atoms with Gasteiger partial charge in [-0.1, -0.05) is 30.3 Å². The van der Waals surface area contributed by atoms with Crippen molar-refractivity contribution in [2.24, 2.45) is 10.4 Å². The van der Waals surface area contributed by atoms with E-state index in [1.165, 1.54) is 13.3 Å². The van der Waals surface area contributed by atoms with Gasteiger partial charge in [0, 0.05) is 43.5 Å². The fraction of sp³-hybridized carbons (Fsp3) is 0.370. The van der Waals surface area contributed by atoms with Crippen LogP contribution in [0.1, 0.15) is 41.2 Å². The zero-order valence-corrected chi connectivity index (χ0v) is 21.2. The standard InChI is InChI=1S/C27H26BF4N3O4/c1-38-25-22-19(24(36)20(26(37)39-28(31)32)13-35(22)18-7-8-18)11-21(30)23(25)34-10-9-27(14-29,16-34)15-33-12-17-5-3-2-4-6-17/h2-6,11-13,18H,7-10,14-16H2,1H3/t27-/m0/s1. The molecule has 0 spiro atoms. The Kier molecular flexibility index (Phi) is 7.37. The number of rotatable bonds is 9. The molecule has 7 nitrogen and oxygen atoms in total. The van der Waals surface area contributed by atoms with Crippen molar-refractivity contribution in [3.05, 3.63) is 69.8 Å². The zero-order valence-electron chi connectivity index (χ0n) is 21.2. The molecule has 2 aliphatic rings. The summed E-state index contributed by atoms with van der Waals surface area (Å²) in [7, 11) is -2.07. The second-order valence-corrected chi connectivity index (χ2v) is 10.00. The van der Waals surface area contributed by atoms with E-state index in [9.17, 15) is 22.6 Å². The Balaban J connectivity index is 1.54. The summed E-state index contributed by atoms with van der Waals surface area (Å²) >= 11 is 0. The summed E-state index contributed by atoms with van der Waals surface area (Å²) in [6.07, 6.45) is 4.70. The Morgan fingerprint density at radius 2 is 2.00 bits per heavy atom. The minimum absolute atomic E-state index is 0.0604. The number of halogens is 4. The Bertz CT molecular complexity index is 1480. The molecule has 0 N–H and O–H groups in total. The molecule has 2 fully saturated rings. The van der Waals surface area contributed by atoms with Crippen molar-refractivity contribution in [2.45, 2.75) is 25.3 Å². The van der Waals surface area contributed by atoms with Gasteiger partial charge in [-0.3, -0.25) is 14.2 Å². The van der Waals surface area contributed by atoms with E-state index in [0.717, 1.165) is 11.6 Å². The van der Waals surface area contributed by atoms with Gasteiger partial charge >= 0.3 is 13.4 Å². The molecule has 1 atom stereocenters. The molecule has 204 valence electrons. The average molecular weight is 543 g/mol. The van der Waals surface area contributed by atoms with Crippen molar-refractivity contribution >= 4 is 36.2 Å². The lowest BCUT2D eigenvalue weighted by Gasteiger charge is -2.27. The number of ether oxygens (including phenoxy) is 1. The van der Waals surface area contributed by atoms with Crippen LogP contribution in [-0.2, 0) is 4.65 Å². The van der Waals surface area contributed by atoms with E-state index in [1.54, 1.807) is 15.7 Å². The lowest BCUT2D eigenvalue weighted by atomic mass is 9.89. The fourth-order valence-corrected chi connectivity index (χ4v) is 5.15. The number of hydrogen-bond donors (Lipinski definition) is 0. The Morgan fingerprint density at radius 1 is 1.26 bits per heavy atom. The molecule has 1 saturated heterocycles. The molecule has 3 aromatic rings. The summed E-state index contributed by atoms with van der Waals surface area (Å²) in [6, 6.07) is 10.3. The highest BCUT2D eigenvalue weighted by molar-refractivity contribution is 6.38. The normalized spacial score (nSPS) is 19.2. The van der Waals surface area contributed by atoms with Crippen molar-refractivity contribution < 1.29 is 31.6 Å². The van der Waals surface area contributed by atoms with E-state index < -0.39 is 42.3 Å². The molecule has 5 rings (SSSR count). The number of alkyl halides is 1. The highest BCUT2D eigenvalue weighted by atomic mass is 19.2. The first-order chi connectivity index (χ1) is 18.8. The summed E-state index contributed by atoms with van der Waals surface area (Å²) in [6.45, 7) is 0.0429. The van der Waals surface area contributed by atoms with E-state index in [4.69, 9.17) is 4.74 Å². The van der Waals surface area contributed by atoms with Crippen molar-refractivity contribution in [2.75, 3.05) is 38.3 Å². The van der Waals surface area contributed by atoms with E-state index in [2.05, 4.69) is 9.65 Å². The summed E-state index contributed by atoms with van der Waals surface area (Å²) in [5.41, 5.74) is -1.18. The van der Waals surface area contributed by atoms with Crippen LogP contribution in [0.25, 0.3) is 10.9 Å². The van der Waals surface area contributed by atoms with Crippen LogP contribution in [0.4, 0.5) is 23.1 Å². The molecule has 2 aromatic carbocycles. The van der Waals surface area contributed by atoms with E-state index >= 15 is 4.39 Å². The number of benzene rings is 2. The molecule has 1 aliphatic carbocycles. The highest BCUT2D eigenvalue weighted by Gasteiger charge is 2.41. The summed E-state index contributed by atoms with van der Waals surface area (Å²) in [4.78, 5) is 31.5. The maximum Gasteiger partial charge on any atom is 0.798 e. The number of methoxy groups -OCH3 is 1. The van der Waals surface area contributed by atoms with Crippen LogP contribution in [0.2, 0.25) is 0 Å². The van der Waals surface area contributed by atoms with Gasteiger partial charge in [-0.2, -0.15) is 0 Å². The molecule has 0 bridgehead atoms. The molecule has 0 amide bonds. The number of carbonyl (C=O) groups excluding carboxylic acids is 1. The molecule has 12 heteroatoms. The van der Waals surface area contributed by atoms with Gasteiger partial charge in [-0.05, 0) is 30.9 Å². The third kappa shape index (κ3) is 5.24. The summed E-state index contributed by atoms with van der Waals surface area (Å²) in [5.74, 6) is -2.23. The number of aromatic nitrogens is 1. The minimum atomic E-state index is -3.40. The van der Waals surface area contributed by atoms with Crippen LogP contribution in [0.5, 0.6) is 5.75 Å². The molecule has 0 radical (unpaired) electrons. The SMILES string of the molecule is COc1c(N2CC[C@](CF)(CN=Cc3ccccc3)C2)c(F)cc2c(=O)c(C(=O)OB(F)F)cn(C3CC3)c12. The third-order valence-electron chi connectivity index (χ3n) is 7.26. The van der Waals surface area contributed by atoms with Gasteiger partial charge in [0.25, 0.3) is 0 Å².